The Kier molecular flexibility index (Phi) is 4.38. The number of pyridine rings is 1. The van der Waals surface area contributed by atoms with Gasteiger partial charge in [-0.3, -0.25) is 4.98 Å². The second-order valence-electron chi connectivity index (χ2n) is 4.30. The number of nitrogens with two attached hydrogens (primary N) is 1. The van der Waals surface area contributed by atoms with E-state index < -0.39 is 0 Å². The van der Waals surface area contributed by atoms with Crippen LogP contribution >= 0.6 is 27.5 Å². The SMILES string of the molecule is Cc1ccc(Br)c(C(N)Cc2ccncc2Cl)c1. The summed E-state index contributed by atoms with van der Waals surface area (Å²) in [6.07, 6.45) is 4.08. The first-order chi connectivity index (χ1) is 8.58. The molecule has 94 valence electrons. The topological polar surface area (TPSA) is 38.9 Å². The molecule has 0 bridgehead atoms. The minimum absolute atomic E-state index is 0.0841. The van der Waals surface area contributed by atoms with Crippen molar-refractivity contribution in [1.82, 2.24) is 4.98 Å². The third kappa shape index (κ3) is 3.10. The summed E-state index contributed by atoms with van der Waals surface area (Å²) < 4.78 is 1.03. The van der Waals surface area contributed by atoms with Gasteiger partial charge in [0.05, 0.1) is 5.02 Å². The fourth-order valence-electron chi connectivity index (χ4n) is 1.86. The van der Waals surface area contributed by atoms with Crippen LogP contribution in [0.25, 0.3) is 0 Å². The number of hydrogen-bond donors (Lipinski definition) is 1. The smallest absolute Gasteiger partial charge is 0.0622 e. The van der Waals surface area contributed by atoms with Crippen LogP contribution < -0.4 is 5.73 Å². The standard InChI is InChI=1S/C14H14BrClN2/c1-9-2-3-12(15)11(6-9)14(17)7-10-4-5-18-8-13(10)16/h2-6,8,14H,7,17H2,1H3. The molecule has 0 aliphatic carbocycles. The molecule has 0 saturated heterocycles. The predicted molar refractivity (Wildman–Crippen MR) is 78.8 cm³/mol. The first-order valence-corrected chi connectivity index (χ1v) is 6.85. The first-order valence-electron chi connectivity index (χ1n) is 5.68. The van der Waals surface area contributed by atoms with Crippen LogP contribution in [0, 0.1) is 6.92 Å². The van der Waals surface area contributed by atoms with Crippen molar-refractivity contribution in [2.24, 2.45) is 5.73 Å². The van der Waals surface area contributed by atoms with Crippen LogP contribution in [0.4, 0.5) is 0 Å². The number of aryl methyl sites for hydroxylation is 1. The maximum atomic E-state index is 6.26. The number of aromatic nitrogens is 1. The van der Waals surface area contributed by atoms with Crippen LogP contribution in [0.1, 0.15) is 22.7 Å². The van der Waals surface area contributed by atoms with Gasteiger partial charge in [0.2, 0.25) is 0 Å². The predicted octanol–water partition coefficient (Wildman–Crippen LogP) is 4.05. The van der Waals surface area contributed by atoms with Gasteiger partial charge in [0, 0.05) is 22.9 Å². The van der Waals surface area contributed by atoms with Crippen molar-refractivity contribution in [2.45, 2.75) is 19.4 Å². The Morgan fingerprint density at radius 1 is 1.39 bits per heavy atom. The zero-order valence-electron chi connectivity index (χ0n) is 10.0. The fourth-order valence-corrected chi connectivity index (χ4v) is 2.60. The molecule has 0 spiro atoms. The van der Waals surface area contributed by atoms with Gasteiger partial charge < -0.3 is 5.73 Å². The van der Waals surface area contributed by atoms with E-state index in [1.54, 1.807) is 12.4 Å². The van der Waals surface area contributed by atoms with Crippen molar-refractivity contribution >= 4 is 27.5 Å². The van der Waals surface area contributed by atoms with E-state index in [2.05, 4.69) is 40.0 Å². The van der Waals surface area contributed by atoms with E-state index in [1.807, 2.05) is 12.1 Å². The second-order valence-corrected chi connectivity index (χ2v) is 5.56. The second kappa shape index (κ2) is 5.83. The fraction of sp³-hybridized carbons (Fsp3) is 0.214. The Hall–Kier alpha value is -0.900. The van der Waals surface area contributed by atoms with Gasteiger partial charge in [0.25, 0.3) is 0 Å². The van der Waals surface area contributed by atoms with Gasteiger partial charge in [-0.2, -0.15) is 0 Å². The van der Waals surface area contributed by atoms with Gasteiger partial charge in [-0.05, 0) is 36.6 Å². The van der Waals surface area contributed by atoms with E-state index in [1.165, 1.54) is 5.56 Å². The van der Waals surface area contributed by atoms with Gasteiger partial charge in [0.15, 0.2) is 0 Å². The summed E-state index contributed by atoms with van der Waals surface area (Å²) in [5.41, 5.74) is 9.58. The number of rotatable bonds is 3. The van der Waals surface area contributed by atoms with Crippen LogP contribution in [0.5, 0.6) is 0 Å². The average molecular weight is 326 g/mol. The molecule has 18 heavy (non-hydrogen) atoms. The van der Waals surface area contributed by atoms with E-state index >= 15 is 0 Å². The van der Waals surface area contributed by atoms with Crippen molar-refractivity contribution in [3.63, 3.8) is 0 Å². The van der Waals surface area contributed by atoms with Crippen LogP contribution in [0.3, 0.4) is 0 Å². The summed E-state index contributed by atoms with van der Waals surface area (Å²) in [5, 5.41) is 0.664. The van der Waals surface area contributed by atoms with E-state index in [9.17, 15) is 0 Å². The van der Waals surface area contributed by atoms with Gasteiger partial charge in [-0.15, -0.1) is 0 Å². The molecule has 2 nitrogen and oxygen atoms in total. The molecule has 0 amide bonds. The Bertz CT molecular complexity index is 557. The zero-order valence-corrected chi connectivity index (χ0v) is 12.4. The number of benzene rings is 1. The van der Waals surface area contributed by atoms with E-state index in [-0.39, 0.29) is 6.04 Å². The third-order valence-corrected chi connectivity index (χ3v) is 3.91. The minimum Gasteiger partial charge on any atom is -0.324 e. The van der Waals surface area contributed by atoms with E-state index in [0.717, 1.165) is 15.6 Å². The molecule has 0 fully saturated rings. The number of halogens is 2. The molecule has 1 heterocycles. The molecule has 2 N–H and O–H groups in total. The first kappa shape index (κ1) is 13.5. The lowest BCUT2D eigenvalue weighted by Crippen LogP contribution is -2.14. The molecule has 0 saturated carbocycles. The Morgan fingerprint density at radius 2 is 2.17 bits per heavy atom. The van der Waals surface area contributed by atoms with Crippen LogP contribution in [0.2, 0.25) is 5.02 Å². The molecule has 0 radical (unpaired) electrons. The van der Waals surface area contributed by atoms with Crippen LogP contribution in [-0.2, 0) is 6.42 Å². The van der Waals surface area contributed by atoms with Crippen molar-refractivity contribution in [1.29, 1.82) is 0 Å². The Labute approximate surface area is 120 Å². The van der Waals surface area contributed by atoms with Crippen LogP contribution in [-0.4, -0.2) is 4.98 Å². The van der Waals surface area contributed by atoms with Gasteiger partial charge in [0.1, 0.15) is 0 Å². The van der Waals surface area contributed by atoms with Crippen molar-refractivity contribution in [3.8, 4) is 0 Å². The molecule has 4 heteroatoms. The molecular formula is C14H14BrClN2. The quantitative estimate of drug-likeness (QED) is 0.924. The lowest BCUT2D eigenvalue weighted by atomic mass is 9.99. The summed E-state index contributed by atoms with van der Waals surface area (Å²) in [6.45, 7) is 2.06. The Morgan fingerprint density at radius 3 is 2.89 bits per heavy atom. The largest absolute Gasteiger partial charge is 0.324 e. The van der Waals surface area contributed by atoms with Crippen molar-refractivity contribution in [2.75, 3.05) is 0 Å². The normalized spacial score (nSPS) is 12.4. The van der Waals surface area contributed by atoms with Gasteiger partial charge in [-0.25, -0.2) is 0 Å². The molecule has 1 aromatic heterocycles. The Balaban J connectivity index is 2.25. The lowest BCUT2D eigenvalue weighted by molar-refractivity contribution is 0.717. The van der Waals surface area contributed by atoms with E-state index in [0.29, 0.717) is 11.4 Å². The van der Waals surface area contributed by atoms with Crippen molar-refractivity contribution < 1.29 is 0 Å². The maximum Gasteiger partial charge on any atom is 0.0622 e. The average Bonchev–Trinajstić information content (AvgIpc) is 2.35. The van der Waals surface area contributed by atoms with E-state index in [4.69, 9.17) is 17.3 Å². The summed E-state index contributed by atoms with van der Waals surface area (Å²) >= 11 is 9.63. The van der Waals surface area contributed by atoms with Gasteiger partial charge >= 0.3 is 0 Å². The van der Waals surface area contributed by atoms with Crippen molar-refractivity contribution in [3.05, 3.63) is 62.8 Å². The monoisotopic (exact) mass is 324 g/mol. The molecular weight excluding hydrogens is 312 g/mol. The minimum atomic E-state index is -0.0841. The highest BCUT2D eigenvalue weighted by atomic mass is 79.9. The zero-order chi connectivity index (χ0) is 13.1. The molecule has 1 atom stereocenters. The summed E-state index contributed by atoms with van der Waals surface area (Å²) in [7, 11) is 0. The molecule has 0 aliphatic heterocycles. The van der Waals surface area contributed by atoms with Gasteiger partial charge in [-0.1, -0.05) is 45.2 Å². The summed E-state index contributed by atoms with van der Waals surface area (Å²) in [6, 6.07) is 8.01. The highest BCUT2D eigenvalue weighted by Gasteiger charge is 2.12. The molecule has 0 aliphatic rings. The maximum absolute atomic E-state index is 6.26. The third-order valence-electron chi connectivity index (χ3n) is 2.85. The molecule has 1 unspecified atom stereocenters. The number of hydrogen-bond acceptors (Lipinski definition) is 2. The number of nitrogens with zero attached hydrogens (tertiary/aromatic N) is 1. The highest BCUT2D eigenvalue weighted by Crippen LogP contribution is 2.27. The lowest BCUT2D eigenvalue weighted by Gasteiger charge is -2.15. The van der Waals surface area contributed by atoms with Crippen LogP contribution in [0.15, 0.2) is 41.1 Å². The summed E-state index contributed by atoms with van der Waals surface area (Å²) in [4.78, 5) is 3.97. The molecule has 2 rings (SSSR count). The highest BCUT2D eigenvalue weighted by molar-refractivity contribution is 9.10. The summed E-state index contributed by atoms with van der Waals surface area (Å²) in [5.74, 6) is 0. The molecule has 1 aromatic carbocycles. The molecule has 2 aromatic rings.